The van der Waals surface area contributed by atoms with Crippen LogP contribution in [0.25, 0.3) is 0 Å². The number of hydrogen-bond acceptors (Lipinski definition) is 4. The fourth-order valence-corrected chi connectivity index (χ4v) is 3.67. The van der Waals surface area contributed by atoms with Crippen molar-refractivity contribution in [1.29, 1.82) is 0 Å². The largest absolute Gasteiger partial charge is 0.314 e. The van der Waals surface area contributed by atoms with Gasteiger partial charge in [-0.05, 0) is 30.7 Å². The van der Waals surface area contributed by atoms with Crippen LogP contribution < -0.4 is 5.32 Å². The molecule has 19 heavy (non-hydrogen) atoms. The van der Waals surface area contributed by atoms with Crippen molar-refractivity contribution in [3.05, 3.63) is 52.0 Å². The van der Waals surface area contributed by atoms with E-state index in [2.05, 4.69) is 40.3 Å². The highest BCUT2D eigenvalue weighted by atomic mass is 32.1. The fourth-order valence-electron chi connectivity index (χ4n) is 2.63. The highest BCUT2D eigenvalue weighted by molar-refractivity contribution is 7.12. The molecule has 0 bridgehead atoms. The molecule has 1 atom stereocenters. The number of piperazine rings is 1. The molecule has 3 rings (SSSR count). The summed E-state index contributed by atoms with van der Waals surface area (Å²) in [6, 6.07) is 9.06. The standard InChI is InChI=1S/C15H19N3S/c1-12-4-5-14(19-12)15(13-3-2-6-17-11-13)18-9-7-16-8-10-18/h2-6,11,15-16H,7-10H2,1H3. The van der Waals surface area contributed by atoms with Gasteiger partial charge in [0.25, 0.3) is 0 Å². The third-order valence-electron chi connectivity index (χ3n) is 3.55. The zero-order chi connectivity index (χ0) is 13.1. The zero-order valence-electron chi connectivity index (χ0n) is 11.2. The molecule has 0 aromatic carbocycles. The minimum atomic E-state index is 0.356. The van der Waals surface area contributed by atoms with Gasteiger partial charge < -0.3 is 5.32 Å². The minimum Gasteiger partial charge on any atom is -0.314 e. The number of nitrogens with zero attached hydrogens (tertiary/aromatic N) is 2. The van der Waals surface area contributed by atoms with Gasteiger partial charge in [0, 0.05) is 48.3 Å². The molecule has 0 aliphatic carbocycles. The summed E-state index contributed by atoms with van der Waals surface area (Å²) in [6.07, 6.45) is 3.85. The Balaban J connectivity index is 1.95. The van der Waals surface area contributed by atoms with E-state index < -0.39 is 0 Å². The summed E-state index contributed by atoms with van der Waals surface area (Å²) in [5.74, 6) is 0. The van der Waals surface area contributed by atoms with Gasteiger partial charge in [-0.15, -0.1) is 11.3 Å². The van der Waals surface area contributed by atoms with E-state index in [1.54, 1.807) is 0 Å². The Hall–Kier alpha value is -1.23. The Morgan fingerprint density at radius 2 is 2.11 bits per heavy atom. The summed E-state index contributed by atoms with van der Waals surface area (Å²) < 4.78 is 0. The molecule has 4 heteroatoms. The Labute approximate surface area is 118 Å². The summed E-state index contributed by atoms with van der Waals surface area (Å²) in [5.41, 5.74) is 1.30. The van der Waals surface area contributed by atoms with Gasteiger partial charge in [-0.3, -0.25) is 9.88 Å². The first-order chi connectivity index (χ1) is 9.34. The van der Waals surface area contributed by atoms with Gasteiger partial charge in [0.1, 0.15) is 0 Å². The molecule has 0 radical (unpaired) electrons. The van der Waals surface area contributed by atoms with Crippen LogP contribution >= 0.6 is 11.3 Å². The molecule has 2 aromatic heterocycles. The lowest BCUT2D eigenvalue weighted by Crippen LogP contribution is -2.45. The number of rotatable bonds is 3. The molecule has 1 N–H and O–H groups in total. The highest BCUT2D eigenvalue weighted by Gasteiger charge is 2.24. The molecule has 2 aromatic rings. The van der Waals surface area contributed by atoms with Crippen molar-refractivity contribution in [2.24, 2.45) is 0 Å². The van der Waals surface area contributed by atoms with Gasteiger partial charge >= 0.3 is 0 Å². The summed E-state index contributed by atoms with van der Waals surface area (Å²) in [5, 5.41) is 3.42. The number of nitrogens with one attached hydrogen (secondary N) is 1. The smallest absolute Gasteiger partial charge is 0.0712 e. The summed E-state index contributed by atoms with van der Waals surface area (Å²) in [7, 11) is 0. The number of aromatic nitrogens is 1. The van der Waals surface area contributed by atoms with E-state index in [1.165, 1.54) is 15.3 Å². The molecule has 1 aliphatic rings. The van der Waals surface area contributed by atoms with Crippen molar-refractivity contribution in [2.75, 3.05) is 26.2 Å². The molecular formula is C15H19N3S. The molecule has 0 spiro atoms. The van der Waals surface area contributed by atoms with Crippen LogP contribution in [0.2, 0.25) is 0 Å². The summed E-state index contributed by atoms with van der Waals surface area (Å²) in [6.45, 7) is 6.50. The SMILES string of the molecule is Cc1ccc(C(c2cccnc2)N2CCNCC2)s1. The zero-order valence-corrected chi connectivity index (χ0v) is 12.0. The molecular weight excluding hydrogens is 254 g/mol. The average Bonchev–Trinajstić information content (AvgIpc) is 2.88. The van der Waals surface area contributed by atoms with Crippen LogP contribution in [-0.2, 0) is 0 Å². The van der Waals surface area contributed by atoms with Crippen molar-refractivity contribution in [2.45, 2.75) is 13.0 Å². The van der Waals surface area contributed by atoms with Crippen molar-refractivity contribution < 1.29 is 0 Å². The molecule has 1 fully saturated rings. The topological polar surface area (TPSA) is 28.2 Å². The lowest BCUT2D eigenvalue weighted by molar-refractivity contribution is 0.200. The Bertz CT molecular complexity index is 517. The number of pyridine rings is 1. The second-order valence-electron chi connectivity index (χ2n) is 4.92. The quantitative estimate of drug-likeness (QED) is 0.931. The first-order valence-corrected chi connectivity index (χ1v) is 7.57. The van der Waals surface area contributed by atoms with E-state index in [9.17, 15) is 0 Å². The maximum Gasteiger partial charge on any atom is 0.0712 e. The summed E-state index contributed by atoms with van der Waals surface area (Å²) >= 11 is 1.89. The van der Waals surface area contributed by atoms with Crippen LogP contribution in [0.15, 0.2) is 36.7 Å². The van der Waals surface area contributed by atoms with Gasteiger partial charge in [0.05, 0.1) is 6.04 Å². The van der Waals surface area contributed by atoms with Crippen molar-refractivity contribution in [1.82, 2.24) is 15.2 Å². The van der Waals surface area contributed by atoms with Gasteiger partial charge in [0.2, 0.25) is 0 Å². The first kappa shape index (κ1) is 12.8. The predicted octanol–water partition coefficient (Wildman–Crippen LogP) is 2.45. The van der Waals surface area contributed by atoms with E-state index in [0.717, 1.165) is 26.2 Å². The van der Waals surface area contributed by atoms with Crippen LogP contribution in [0, 0.1) is 6.92 Å². The van der Waals surface area contributed by atoms with E-state index in [-0.39, 0.29) is 0 Å². The van der Waals surface area contributed by atoms with Crippen LogP contribution in [0.5, 0.6) is 0 Å². The number of hydrogen-bond donors (Lipinski definition) is 1. The second kappa shape index (κ2) is 5.82. The molecule has 3 heterocycles. The Kier molecular flexibility index (Phi) is 3.92. The number of aryl methyl sites for hydroxylation is 1. The maximum atomic E-state index is 4.30. The van der Waals surface area contributed by atoms with Crippen molar-refractivity contribution >= 4 is 11.3 Å². The lowest BCUT2D eigenvalue weighted by Gasteiger charge is -2.34. The van der Waals surface area contributed by atoms with E-state index in [0.29, 0.717) is 6.04 Å². The molecule has 100 valence electrons. The lowest BCUT2D eigenvalue weighted by atomic mass is 10.0. The molecule has 0 amide bonds. The second-order valence-corrected chi connectivity index (χ2v) is 6.24. The Morgan fingerprint density at radius 1 is 1.26 bits per heavy atom. The third-order valence-corrected chi connectivity index (χ3v) is 4.60. The minimum absolute atomic E-state index is 0.356. The first-order valence-electron chi connectivity index (χ1n) is 6.75. The van der Waals surface area contributed by atoms with E-state index in [4.69, 9.17) is 0 Å². The average molecular weight is 273 g/mol. The van der Waals surface area contributed by atoms with E-state index >= 15 is 0 Å². The molecule has 0 saturated carbocycles. The van der Waals surface area contributed by atoms with E-state index in [1.807, 2.05) is 29.8 Å². The summed E-state index contributed by atoms with van der Waals surface area (Å²) in [4.78, 5) is 9.65. The normalized spacial score (nSPS) is 18.4. The maximum absolute atomic E-state index is 4.30. The van der Waals surface area contributed by atoms with Gasteiger partial charge in [-0.25, -0.2) is 0 Å². The number of thiophene rings is 1. The van der Waals surface area contributed by atoms with Crippen LogP contribution in [-0.4, -0.2) is 36.1 Å². The van der Waals surface area contributed by atoms with Crippen LogP contribution in [0.1, 0.15) is 21.4 Å². The molecule has 1 unspecified atom stereocenters. The van der Waals surface area contributed by atoms with Crippen LogP contribution in [0.3, 0.4) is 0 Å². The van der Waals surface area contributed by atoms with Crippen LogP contribution in [0.4, 0.5) is 0 Å². The highest BCUT2D eigenvalue weighted by Crippen LogP contribution is 2.33. The Morgan fingerprint density at radius 3 is 2.74 bits per heavy atom. The molecule has 3 nitrogen and oxygen atoms in total. The monoisotopic (exact) mass is 273 g/mol. The van der Waals surface area contributed by atoms with Crippen molar-refractivity contribution in [3.8, 4) is 0 Å². The molecule has 1 aliphatic heterocycles. The van der Waals surface area contributed by atoms with Gasteiger partial charge in [0.15, 0.2) is 0 Å². The van der Waals surface area contributed by atoms with Gasteiger partial charge in [-0.2, -0.15) is 0 Å². The fraction of sp³-hybridized carbons (Fsp3) is 0.400. The predicted molar refractivity (Wildman–Crippen MR) is 79.6 cm³/mol. The third kappa shape index (κ3) is 2.86. The van der Waals surface area contributed by atoms with Gasteiger partial charge in [-0.1, -0.05) is 6.07 Å². The molecule has 1 saturated heterocycles. The van der Waals surface area contributed by atoms with Crippen molar-refractivity contribution in [3.63, 3.8) is 0 Å².